The molecule has 320 valence electrons. The number of alkyl halides is 3. The molecule has 5 rings (SSSR count). The molecule has 0 bridgehead atoms. The van der Waals surface area contributed by atoms with E-state index in [1.807, 2.05) is 0 Å². The van der Waals surface area contributed by atoms with Gasteiger partial charge >= 0.3 is 18.2 Å². The fourth-order valence-electron chi connectivity index (χ4n) is 6.17. The van der Waals surface area contributed by atoms with Crippen molar-refractivity contribution in [3.05, 3.63) is 82.7 Å². The Bertz CT molecular complexity index is 2190. The number of halogens is 4. The van der Waals surface area contributed by atoms with Crippen molar-refractivity contribution in [2.24, 2.45) is 18.0 Å². The van der Waals surface area contributed by atoms with Crippen LogP contribution in [0, 0.1) is 11.7 Å². The molecule has 0 saturated heterocycles. The highest BCUT2D eigenvalue weighted by Crippen LogP contribution is 2.44. The number of ether oxygens (including phenoxy) is 6. The Hall–Kier alpha value is -5.53. The zero-order valence-corrected chi connectivity index (χ0v) is 33.3. The minimum Gasteiger partial charge on any atom is -0.491 e. The summed E-state index contributed by atoms with van der Waals surface area (Å²) in [7, 11) is 1.67. The summed E-state index contributed by atoms with van der Waals surface area (Å²) in [6.45, 7) is 7.21. The first kappa shape index (κ1) is 44.6. The molecule has 2 aromatic heterocycles. The van der Waals surface area contributed by atoms with Crippen molar-refractivity contribution >= 4 is 17.8 Å². The lowest BCUT2D eigenvalue weighted by Gasteiger charge is -2.27. The van der Waals surface area contributed by atoms with E-state index in [9.17, 15) is 31.9 Å². The molecule has 1 atom stereocenters. The third-order valence-electron chi connectivity index (χ3n) is 8.77. The zero-order chi connectivity index (χ0) is 42.9. The number of Topliss-reactive ketones (excluding diaryl/α,β-unsaturated/α-hetero) is 1. The van der Waals surface area contributed by atoms with Crippen LogP contribution in [0.2, 0.25) is 0 Å². The van der Waals surface area contributed by atoms with E-state index in [2.05, 4.69) is 10.1 Å². The van der Waals surface area contributed by atoms with Gasteiger partial charge in [-0.25, -0.2) is 14.0 Å². The number of aromatic nitrogens is 4. The lowest BCUT2D eigenvalue weighted by atomic mass is 9.86. The zero-order valence-electron chi connectivity index (χ0n) is 33.3. The number of hydrogen-bond donors (Lipinski definition) is 1. The third kappa shape index (κ3) is 12.2. The van der Waals surface area contributed by atoms with Crippen LogP contribution < -0.4 is 15.1 Å². The number of fused-ring (bicyclic) bond motifs is 1. The summed E-state index contributed by atoms with van der Waals surface area (Å²) in [5.41, 5.74) is -0.960. The predicted octanol–water partition coefficient (Wildman–Crippen LogP) is 5.70. The van der Waals surface area contributed by atoms with Crippen LogP contribution in [0.4, 0.5) is 22.4 Å². The van der Waals surface area contributed by atoms with Gasteiger partial charge in [-0.15, -0.1) is 4.99 Å². The second kappa shape index (κ2) is 19.5. The highest BCUT2D eigenvalue weighted by molar-refractivity contribution is 6.04. The van der Waals surface area contributed by atoms with Gasteiger partial charge in [0.15, 0.2) is 23.0 Å². The molecular formula is C40H47F4N5O10. The average Bonchev–Trinajstić information content (AvgIpc) is 3.75. The van der Waals surface area contributed by atoms with Gasteiger partial charge in [-0.3, -0.25) is 9.48 Å². The Morgan fingerprint density at radius 2 is 1.63 bits per heavy atom. The fourth-order valence-corrected chi connectivity index (χ4v) is 6.17. The monoisotopic (exact) mass is 833 g/mol. The molecular weight excluding hydrogens is 786 g/mol. The van der Waals surface area contributed by atoms with E-state index in [-0.39, 0.29) is 99.6 Å². The number of aliphatic carboxylic acids is 1. The van der Waals surface area contributed by atoms with Gasteiger partial charge in [0.25, 0.3) is 0 Å². The first-order valence-corrected chi connectivity index (χ1v) is 18.8. The van der Waals surface area contributed by atoms with Crippen LogP contribution in [0.5, 0.6) is 11.5 Å². The Morgan fingerprint density at radius 3 is 2.29 bits per heavy atom. The van der Waals surface area contributed by atoms with E-state index in [1.165, 1.54) is 30.5 Å². The second-order valence-corrected chi connectivity index (χ2v) is 14.6. The van der Waals surface area contributed by atoms with Crippen LogP contribution >= 0.6 is 0 Å². The van der Waals surface area contributed by atoms with Crippen molar-refractivity contribution in [3.63, 3.8) is 0 Å². The summed E-state index contributed by atoms with van der Waals surface area (Å²) in [5, 5.41) is 12.3. The molecule has 0 saturated carbocycles. The van der Waals surface area contributed by atoms with Crippen molar-refractivity contribution < 1.29 is 65.5 Å². The fraction of sp³-hybridized carbons (Fsp3) is 0.475. The Balaban J connectivity index is 1.36. The third-order valence-corrected chi connectivity index (χ3v) is 8.77. The van der Waals surface area contributed by atoms with Crippen LogP contribution in [-0.4, -0.2) is 100 Å². The molecule has 59 heavy (non-hydrogen) atoms. The summed E-state index contributed by atoms with van der Waals surface area (Å²) in [6, 6.07) is 7.26. The van der Waals surface area contributed by atoms with Crippen LogP contribution in [-0.2, 0) is 56.5 Å². The number of carbonyl (C=O) groups excluding carboxylic acids is 2. The molecule has 1 N–H and O–H groups in total. The summed E-state index contributed by atoms with van der Waals surface area (Å²) in [6.07, 6.45) is -1.00. The molecule has 4 aromatic rings. The number of carboxylic acid groups (broad SMARTS) is 1. The number of imidazole rings is 1. The normalized spacial score (nSPS) is 14.6. The number of carbonyl (C=O) groups is 3. The van der Waals surface area contributed by atoms with Crippen molar-refractivity contribution in [1.29, 1.82) is 0 Å². The van der Waals surface area contributed by atoms with E-state index >= 15 is 0 Å². The second-order valence-electron chi connectivity index (χ2n) is 14.6. The number of hydrogen-bond acceptors (Lipinski definition) is 10. The van der Waals surface area contributed by atoms with Crippen molar-refractivity contribution in [3.8, 4) is 22.6 Å². The first-order chi connectivity index (χ1) is 27.9. The van der Waals surface area contributed by atoms with E-state index in [4.69, 9.17) is 33.5 Å². The van der Waals surface area contributed by atoms with Crippen LogP contribution in [0.3, 0.4) is 0 Å². The minimum absolute atomic E-state index is 0.00290. The molecule has 1 aliphatic rings. The summed E-state index contributed by atoms with van der Waals surface area (Å²) < 4.78 is 95.0. The van der Waals surface area contributed by atoms with Gasteiger partial charge in [-0.1, -0.05) is 6.07 Å². The largest absolute Gasteiger partial charge is 0.491 e. The topological polar surface area (TPSA) is 167 Å². The van der Waals surface area contributed by atoms with Gasteiger partial charge < -0.3 is 42.7 Å². The summed E-state index contributed by atoms with van der Waals surface area (Å²) in [5.74, 6) is -2.96. The molecule has 0 radical (unpaired) electrons. The van der Waals surface area contributed by atoms with Gasteiger partial charge in [0.05, 0.1) is 57.7 Å². The maximum atomic E-state index is 14.7. The van der Waals surface area contributed by atoms with Crippen LogP contribution in [0.1, 0.15) is 54.9 Å². The molecule has 1 amide bonds. The molecule has 19 heteroatoms. The number of aryl methyl sites for hydroxylation is 2. The molecule has 1 unspecified atom stereocenters. The van der Waals surface area contributed by atoms with Gasteiger partial charge in [-0.05, 0) is 69.5 Å². The Kier molecular flexibility index (Phi) is 14.7. The van der Waals surface area contributed by atoms with Crippen LogP contribution in [0.25, 0.3) is 11.1 Å². The van der Waals surface area contributed by atoms with E-state index in [1.54, 1.807) is 62.3 Å². The molecule has 1 aliphatic heterocycles. The van der Waals surface area contributed by atoms with Gasteiger partial charge in [0, 0.05) is 43.3 Å². The lowest BCUT2D eigenvalue weighted by Crippen LogP contribution is -2.31. The molecule has 15 nitrogen and oxygen atoms in total. The predicted molar refractivity (Wildman–Crippen MR) is 202 cm³/mol. The van der Waals surface area contributed by atoms with E-state index in [0.29, 0.717) is 11.1 Å². The molecule has 0 aliphatic carbocycles. The number of amides is 1. The molecule has 3 heterocycles. The standard InChI is InChI=1S/C40H47F4N5O10/c1-6-49-22-30(36(46-49)40(42,43)44)28-18-26(21-48-10-9-47(5)37(48)45-38(53)59-39(2,3)4)19-29-34(52)27(23-58-35(28)29)17-25-7-8-31(41)32(20-25)57-16-15-55-12-11-54-13-14-56-24-33(50)51/h7-10,18-20,22,27H,6,11-17,21,23-24H2,1-5H3,(H,50,51). The van der Waals surface area contributed by atoms with Crippen LogP contribution in [0.15, 0.2) is 53.9 Å². The quantitative estimate of drug-likeness (QED) is 0.0966. The van der Waals surface area contributed by atoms with Crippen molar-refractivity contribution in [2.45, 2.75) is 59.0 Å². The number of benzene rings is 2. The number of rotatable bonds is 18. The molecule has 0 fully saturated rings. The highest BCUT2D eigenvalue weighted by atomic mass is 19.4. The van der Waals surface area contributed by atoms with Gasteiger partial charge in [0.1, 0.15) is 24.6 Å². The Labute approximate surface area is 337 Å². The van der Waals surface area contributed by atoms with E-state index in [0.717, 1.165) is 4.68 Å². The Morgan fingerprint density at radius 1 is 0.949 bits per heavy atom. The summed E-state index contributed by atoms with van der Waals surface area (Å²) in [4.78, 5) is 41.5. The molecule has 0 spiro atoms. The van der Waals surface area contributed by atoms with E-state index < -0.39 is 53.7 Å². The molecule has 2 aromatic carbocycles. The average molecular weight is 834 g/mol. The summed E-state index contributed by atoms with van der Waals surface area (Å²) >= 11 is 0. The SMILES string of the molecule is CCn1cc(-c2cc(Cn3ccn(C)c3=NC(=O)OC(C)(C)C)cc3c2OCC(Cc2ccc(F)c(OCCOCCOCCOCC(=O)O)c2)C3=O)c(C(F)(F)F)n1. The number of ketones is 1. The van der Waals surface area contributed by atoms with Crippen molar-refractivity contribution in [1.82, 2.24) is 18.9 Å². The van der Waals surface area contributed by atoms with Gasteiger partial charge in [-0.2, -0.15) is 18.3 Å². The highest BCUT2D eigenvalue weighted by Gasteiger charge is 2.40. The van der Waals surface area contributed by atoms with Crippen molar-refractivity contribution in [2.75, 3.05) is 52.9 Å². The minimum atomic E-state index is -4.82. The smallest absolute Gasteiger partial charge is 0.437 e. The maximum Gasteiger partial charge on any atom is 0.437 e. The maximum absolute atomic E-state index is 14.7. The number of carboxylic acids is 1. The first-order valence-electron chi connectivity index (χ1n) is 18.8. The van der Waals surface area contributed by atoms with Gasteiger partial charge in [0.2, 0.25) is 5.62 Å². The number of nitrogens with zero attached hydrogens (tertiary/aromatic N) is 5. The lowest BCUT2D eigenvalue weighted by molar-refractivity contribution is -0.143.